The predicted octanol–water partition coefficient (Wildman–Crippen LogP) is 1.91. The monoisotopic (exact) mass is 278 g/mol. The summed E-state index contributed by atoms with van der Waals surface area (Å²) in [6.07, 6.45) is 6.38. The summed E-state index contributed by atoms with van der Waals surface area (Å²) in [5.41, 5.74) is 0. The first-order valence-corrected chi connectivity index (χ1v) is 8.66. The molecule has 0 bridgehead atoms. The van der Waals surface area contributed by atoms with Gasteiger partial charge in [-0.05, 0) is 26.7 Å². The van der Waals surface area contributed by atoms with E-state index in [1.165, 1.54) is 32.6 Å². The second kappa shape index (κ2) is 7.46. The maximum absolute atomic E-state index is 11.8. The molecule has 0 aliphatic heterocycles. The van der Waals surface area contributed by atoms with Gasteiger partial charge in [0.2, 0.25) is 0 Å². The average Bonchev–Trinajstić information content (AvgIpc) is 2.56. The molecule has 2 atom stereocenters. The summed E-state index contributed by atoms with van der Waals surface area (Å²) < 4.78 is 29.4. The Bertz CT molecular complexity index is 316. The summed E-state index contributed by atoms with van der Waals surface area (Å²) in [5, 5.41) is 8.61. The molecule has 0 aromatic rings. The van der Waals surface area contributed by atoms with Crippen molar-refractivity contribution >= 4 is 9.84 Å². The van der Waals surface area contributed by atoms with E-state index in [0.717, 1.165) is 12.8 Å². The van der Waals surface area contributed by atoms with E-state index >= 15 is 0 Å². The van der Waals surface area contributed by atoms with Gasteiger partial charge >= 0.3 is 0 Å². The Morgan fingerprint density at radius 1 is 1.17 bits per heavy atom. The summed E-state index contributed by atoms with van der Waals surface area (Å²) in [4.78, 5) is 0. The molecule has 0 unspecified atom stereocenters. The molecular weight excluding hydrogens is 252 g/mol. The fourth-order valence-electron chi connectivity index (χ4n) is 2.23. The summed E-state index contributed by atoms with van der Waals surface area (Å²) in [7, 11) is -3.24. The predicted molar refractivity (Wildman–Crippen MR) is 72.4 cm³/mol. The Hall–Kier alpha value is -0.130. The largest absolute Gasteiger partial charge is 0.392 e. The van der Waals surface area contributed by atoms with Gasteiger partial charge in [0.05, 0.1) is 29.8 Å². The fourth-order valence-corrected chi connectivity index (χ4v) is 3.53. The second-order valence-corrected chi connectivity index (χ2v) is 7.77. The van der Waals surface area contributed by atoms with Gasteiger partial charge in [0.15, 0.2) is 9.84 Å². The summed E-state index contributed by atoms with van der Waals surface area (Å²) in [6.45, 7) is 3.31. The first kappa shape index (κ1) is 15.9. The van der Waals surface area contributed by atoms with E-state index in [-0.39, 0.29) is 18.5 Å². The van der Waals surface area contributed by atoms with Crippen LogP contribution in [0.15, 0.2) is 0 Å². The van der Waals surface area contributed by atoms with E-state index in [1.807, 2.05) is 0 Å². The molecule has 0 aromatic carbocycles. The van der Waals surface area contributed by atoms with Gasteiger partial charge in [-0.3, -0.25) is 0 Å². The maximum Gasteiger partial charge on any atom is 0.157 e. The van der Waals surface area contributed by atoms with Crippen LogP contribution in [0.2, 0.25) is 0 Å². The summed E-state index contributed by atoms with van der Waals surface area (Å²) in [5.74, 6) is 0.00949. The standard InChI is InChI=1S/C13H26O4S/c1-11(14)12(2)18(15,16)10-9-17-13-7-5-3-4-6-8-13/h11-14H,3-10H2,1-2H3/t11-,12-/m0/s1. The molecule has 18 heavy (non-hydrogen) atoms. The van der Waals surface area contributed by atoms with E-state index in [1.54, 1.807) is 6.92 Å². The third-order valence-corrected chi connectivity index (χ3v) is 6.03. The van der Waals surface area contributed by atoms with E-state index in [9.17, 15) is 13.5 Å². The van der Waals surface area contributed by atoms with Crippen molar-refractivity contribution in [1.82, 2.24) is 0 Å². The molecule has 1 N–H and O–H groups in total. The second-order valence-electron chi connectivity index (χ2n) is 5.30. The molecule has 1 fully saturated rings. The number of hydrogen-bond donors (Lipinski definition) is 1. The van der Waals surface area contributed by atoms with Crippen molar-refractivity contribution in [3.05, 3.63) is 0 Å². The van der Waals surface area contributed by atoms with Gasteiger partial charge in [-0.25, -0.2) is 8.42 Å². The lowest BCUT2D eigenvalue weighted by atomic mass is 10.1. The lowest BCUT2D eigenvalue weighted by molar-refractivity contribution is 0.0534. The Labute approximate surface area is 111 Å². The average molecular weight is 278 g/mol. The molecule has 4 nitrogen and oxygen atoms in total. The van der Waals surface area contributed by atoms with Crippen LogP contribution >= 0.6 is 0 Å². The third kappa shape index (κ3) is 5.24. The van der Waals surface area contributed by atoms with Gasteiger partial charge in [0, 0.05) is 0 Å². The van der Waals surface area contributed by atoms with Crippen LogP contribution in [0.25, 0.3) is 0 Å². The summed E-state index contributed by atoms with van der Waals surface area (Å²) >= 11 is 0. The number of hydrogen-bond acceptors (Lipinski definition) is 4. The van der Waals surface area contributed by atoms with Gasteiger partial charge in [-0.2, -0.15) is 0 Å². The van der Waals surface area contributed by atoms with Crippen molar-refractivity contribution in [1.29, 1.82) is 0 Å². The lowest BCUT2D eigenvalue weighted by Gasteiger charge is -2.18. The number of aliphatic hydroxyl groups is 1. The molecule has 108 valence electrons. The Balaban J connectivity index is 2.31. The quantitative estimate of drug-likeness (QED) is 0.754. The zero-order valence-corrected chi connectivity index (χ0v) is 12.3. The van der Waals surface area contributed by atoms with Gasteiger partial charge in [0.1, 0.15) is 0 Å². The smallest absolute Gasteiger partial charge is 0.157 e. The highest BCUT2D eigenvalue weighted by Gasteiger charge is 2.25. The zero-order chi connectivity index (χ0) is 13.6. The topological polar surface area (TPSA) is 63.6 Å². The Morgan fingerprint density at radius 2 is 1.72 bits per heavy atom. The minimum absolute atomic E-state index is 0.00949. The summed E-state index contributed by atoms with van der Waals surface area (Å²) in [6, 6.07) is 0. The van der Waals surface area contributed by atoms with E-state index in [2.05, 4.69) is 0 Å². The van der Waals surface area contributed by atoms with E-state index in [0.29, 0.717) is 0 Å². The highest BCUT2D eigenvalue weighted by atomic mass is 32.2. The molecule has 5 heteroatoms. The molecule has 0 radical (unpaired) electrons. The SMILES string of the molecule is C[C@H](O)[C@H](C)S(=O)(=O)CCOC1CCCCCC1. The minimum Gasteiger partial charge on any atom is -0.392 e. The van der Waals surface area contributed by atoms with Crippen molar-refractivity contribution in [2.24, 2.45) is 0 Å². The van der Waals surface area contributed by atoms with Crippen molar-refractivity contribution in [2.75, 3.05) is 12.4 Å². The Morgan fingerprint density at radius 3 is 2.22 bits per heavy atom. The highest BCUT2D eigenvalue weighted by molar-refractivity contribution is 7.92. The highest BCUT2D eigenvalue weighted by Crippen LogP contribution is 2.20. The molecular formula is C13H26O4S. The van der Waals surface area contributed by atoms with Gasteiger partial charge < -0.3 is 9.84 Å². The minimum atomic E-state index is -3.24. The van der Waals surface area contributed by atoms with Gasteiger partial charge in [-0.15, -0.1) is 0 Å². The number of ether oxygens (including phenoxy) is 1. The lowest BCUT2D eigenvalue weighted by Crippen LogP contribution is -2.32. The van der Waals surface area contributed by atoms with Gasteiger partial charge in [-0.1, -0.05) is 25.7 Å². The molecule has 0 spiro atoms. The van der Waals surface area contributed by atoms with Gasteiger partial charge in [0.25, 0.3) is 0 Å². The van der Waals surface area contributed by atoms with E-state index in [4.69, 9.17) is 4.74 Å². The van der Waals surface area contributed by atoms with Crippen LogP contribution < -0.4 is 0 Å². The Kier molecular flexibility index (Phi) is 6.60. The van der Waals surface area contributed by atoms with Crippen LogP contribution in [0.5, 0.6) is 0 Å². The molecule has 1 aliphatic carbocycles. The van der Waals surface area contributed by atoms with Crippen molar-refractivity contribution in [3.8, 4) is 0 Å². The fraction of sp³-hybridized carbons (Fsp3) is 1.00. The molecule has 0 aromatic heterocycles. The molecule has 0 heterocycles. The first-order valence-electron chi connectivity index (χ1n) is 6.94. The van der Waals surface area contributed by atoms with Crippen molar-refractivity contribution in [3.63, 3.8) is 0 Å². The third-order valence-electron chi connectivity index (χ3n) is 3.77. The van der Waals surface area contributed by atoms with Crippen LogP contribution in [-0.4, -0.2) is 43.3 Å². The maximum atomic E-state index is 11.8. The first-order chi connectivity index (χ1) is 8.43. The van der Waals surface area contributed by atoms with Crippen LogP contribution in [0.3, 0.4) is 0 Å². The van der Waals surface area contributed by atoms with Crippen LogP contribution in [-0.2, 0) is 14.6 Å². The molecule has 1 aliphatic rings. The number of sulfone groups is 1. The van der Waals surface area contributed by atoms with Crippen LogP contribution in [0.1, 0.15) is 52.4 Å². The van der Waals surface area contributed by atoms with Crippen LogP contribution in [0.4, 0.5) is 0 Å². The molecule has 1 rings (SSSR count). The van der Waals surface area contributed by atoms with Crippen molar-refractivity contribution in [2.45, 2.75) is 69.8 Å². The molecule has 0 amide bonds. The number of aliphatic hydroxyl groups excluding tert-OH is 1. The normalized spacial score (nSPS) is 22.4. The zero-order valence-electron chi connectivity index (χ0n) is 11.5. The number of rotatable bonds is 6. The van der Waals surface area contributed by atoms with Crippen molar-refractivity contribution < 1.29 is 18.3 Å². The van der Waals surface area contributed by atoms with E-state index < -0.39 is 21.2 Å². The van der Waals surface area contributed by atoms with Crippen LogP contribution in [0, 0.1) is 0 Å². The molecule has 0 saturated heterocycles. The molecule has 1 saturated carbocycles.